The summed E-state index contributed by atoms with van der Waals surface area (Å²) in [5, 5.41) is 9.23. The Kier molecular flexibility index (Phi) is 4.64. The molecule has 0 aromatic heterocycles. The summed E-state index contributed by atoms with van der Waals surface area (Å²) >= 11 is 0. The summed E-state index contributed by atoms with van der Waals surface area (Å²) in [6.07, 6.45) is 11.0. The van der Waals surface area contributed by atoms with E-state index in [0.29, 0.717) is 18.1 Å². The molecule has 3 aliphatic carbocycles. The minimum absolute atomic E-state index is 0.0157. The molecule has 128 valence electrons. The van der Waals surface area contributed by atoms with E-state index in [1.165, 1.54) is 44.9 Å². The van der Waals surface area contributed by atoms with E-state index in [-0.39, 0.29) is 5.60 Å². The predicted molar refractivity (Wildman–Crippen MR) is 90.7 cm³/mol. The topological polar surface area (TPSA) is 29.5 Å². The minimum Gasteiger partial charge on any atom is -0.396 e. The Morgan fingerprint density at radius 3 is 2.55 bits per heavy atom. The van der Waals surface area contributed by atoms with E-state index in [9.17, 15) is 5.11 Å². The van der Waals surface area contributed by atoms with Gasteiger partial charge in [-0.05, 0) is 94.8 Å². The minimum atomic E-state index is -0.0157. The second kappa shape index (κ2) is 6.09. The largest absolute Gasteiger partial charge is 0.396 e. The molecule has 1 N–H and O–H groups in total. The van der Waals surface area contributed by atoms with Crippen molar-refractivity contribution in [2.24, 2.45) is 29.1 Å². The number of ether oxygens (including phenoxy) is 1. The molecular formula is C20H36O2. The van der Waals surface area contributed by atoms with E-state index in [1.807, 2.05) is 0 Å². The van der Waals surface area contributed by atoms with E-state index < -0.39 is 0 Å². The third-order valence-corrected chi connectivity index (χ3v) is 7.08. The number of hydrogen-bond acceptors (Lipinski definition) is 2. The van der Waals surface area contributed by atoms with Crippen LogP contribution in [0.4, 0.5) is 0 Å². The standard InChI is InChI=1S/C20H36O2/c1-19(2,3)22-18-8-7-17-16-6-5-14(10-12-21)13-15(16)9-11-20(17,18)4/h14-18,21H,5-13H2,1-4H3/t14-,15+,16+,17-,18-,20-/m0/s1. The second-order valence-corrected chi connectivity index (χ2v) is 9.56. The molecule has 0 amide bonds. The zero-order valence-electron chi connectivity index (χ0n) is 15.1. The Morgan fingerprint density at radius 1 is 1.09 bits per heavy atom. The van der Waals surface area contributed by atoms with Crippen molar-refractivity contribution in [1.29, 1.82) is 0 Å². The molecule has 0 spiro atoms. The Morgan fingerprint density at radius 2 is 1.86 bits per heavy atom. The van der Waals surface area contributed by atoms with Gasteiger partial charge in [0.15, 0.2) is 0 Å². The van der Waals surface area contributed by atoms with Crippen molar-refractivity contribution >= 4 is 0 Å². The maximum atomic E-state index is 9.23. The number of fused-ring (bicyclic) bond motifs is 3. The quantitative estimate of drug-likeness (QED) is 0.812. The van der Waals surface area contributed by atoms with Gasteiger partial charge in [-0.2, -0.15) is 0 Å². The summed E-state index contributed by atoms with van der Waals surface area (Å²) in [6.45, 7) is 9.52. The molecule has 3 aliphatic rings. The molecule has 22 heavy (non-hydrogen) atoms. The van der Waals surface area contributed by atoms with Gasteiger partial charge >= 0.3 is 0 Å². The molecule has 2 heteroatoms. The lowest BCUT2D eigenvalue weighted by Gasteiger charge is -2.52. The summed E-state index contributed by atoms with van der Waals surface area (Å²) in [7, 11) is 0. The van der Waals surface area contributed by atoms with E-state index in [2.05, 4.69) is 27.7 Å². The van der Waals surface area contributed by atoms with E-state index in [0.717, 1.165) is 30.1 Å². The van der Waals surface area contributed by atoms with Gasteiger partial charge in [0.1, 0.15) is 0 Å². The summed E-state index contributed by atoms with van der Waals surface area (Å²) in [6, 6.07) is 0. The first-order chi connectivity index (χ1) is 10.3. The van der Waals surface area contributed by atoms with Gasteiger partial charge in [-0.15, -0.1) is 0 Å². The second-order valence-electron chi connectivity index (χ2n) is 9.56. The molecule has 0 aromatic rings. The lowest BCUT2D eigenvalue weighted by Crippen LogP contribution is -2.47. The zero-order chi connectivity index (χ0) is 16.0. The van der Waals surface area contributed by atoms with Crippen LogP contribution in [0.3, 0.4) is 0 Å². The fraction of sp³-hybridized carbons (Fsp3) is 1.00. The van der Waals surface area contributed by atoms with Crippen molar-refractivity contribution in [3.8, 4) is 0 Å². The maximum absolute atomic E-state index is 9.23. The maximum Gasteiger partial charge on any atom is 0.0638 e. The first-order valence-electron chi connectivity index (χ1n) is 9.62. The van der Waals surface area contributed by atoms with Gasteiger partial charge in [0, 0.05) is 6.61 Å². The fourth-order valence-electron chi connectivity index (χ4n) is 6.09. The van der Waals surface area contributed by atoms with Gasteiger partial charge in [-0.3, -0.25) is 0 Å². The van der Waals surface area contributed by atoms with E-state index in [1.54, 1.807) is 0 Å². The first kappa shape index (κ1) is 16.8. The van der Waals surface area contributed by atoms with Crippen LogP contribution in [0.15, 0.2) is 0 Å². The average Bonchev–Trinajstić information content (AvgIpc) is 2.75. The number of hydrogen-bond donors (Lipinski definition) is 1. The molecule has 3 saturated carbocycles. The molecule has 3 fully saturated rings. The van der Waals surface area contributed by atoms with Crippen molar-refractivity contribution in [3.63, 3.8) is 0 Å². The molecule has 0 aromatic carbocycles. The summed E-state index contributed by atoms with van der Waals surface area (Å²) in [5.74, 6) is 3.53. The smallest absolute Gasteiger partial charge is 0.0638 e. The summed E-state index contributed by atoms with van der Waals surface area (Å²) in [4.78, 5) is 0. The van der Waals surface area contributed by atoms with Crippen LogP contribution in [0, 0.1) is 29.1 Å². The van der Waals surface area contributed by atoms with Crippen molar-refractivity contribution in [1.82, 2.24) is 0 Å². The van der Waals surface area contributed by atoms with Gasteiger partial charge in [-0.25, -0.2) is 0 Å². The van der Waals surface area contributed by atoms with Crippen LogP contribution >= 0.6 is 0 Å². The van der Waals surface area contributed by atoms with Crippen LogP contribution in [0.5, 0.6) is 0 Å². The van der Waals surface area contributed by atoms with Crippen molar-refractivity contribution < 1.29 is 9.84 Å². The van der Waals surface area contributed by atoms with Crippen LogP contribution < -0.4 is 0 Å². The molecule has 0 heterocycles. The fourth-order valence-corrected chi connectivity index (χ4v) is 6.09. The van der Waals surface area contributed by atoms with Crippen LogP contribution in [0.1, 0.15) is 79.1 Å². The zero-order valence-corrected chi connectivity index (χ0v) is 15.1. The normalized spacial score (nSPS) is 45.4. The number of aliphatic hydroxyl groups is 1. The van der Waals surface area contributed by atoms with Crippen molar-refractivity contribution in [2.75, 3.05) is 6.61 Å². The first-order valence-corrected chi connectivity index (χ1v) is 9.62. The number of rotatable bonds is 3. The van der Waals surface area contributed by atoms with Crippen LogP contribution in [-0.2, 0) is 4.74 Å². The van der Waals surface area contributed by atoms with E-state index >= 15 is 0 Å². The van der Waals surface area contributed by atoms with Gasteiger partial charge in [0.05, 0.1) is 11.7 Å². The van der Waals surface area contributed by atoms with Crippen LogP contribution in [-0.4, -0.2) is 23.4 Å². The average molecular weight is 309 g/mol. The SMILES string of the molecule is CC(C)(C)O[C@H]1CC[C@H]2[C@@H]3CC[C@@H](CCO)C[C@H]3CC[C@]12C. The third kappa shape index (κ3) is 3.11. The Hall–Kier alpha value is -0.0800. The van der Waals surface area contributed by atoms with Crippen LogP contribution in [0.25, 0.3) is 0 Å². The molecule has 0 saturated heterocycles. The van der Waals surface area contributed by atoms with E-state index in [4.69, 9.17) is 4.74 Å². The molecular weight excluding hydrogens is 272 g/mol. The third-order valence-electron chi connectivity index (χ3n) is 7.08. The van der Waals surface area contributed by atoms with Gasteiger partial charge < -0.3 is 9.84 Å². The molecule has 0 radical (unpaired) electrons. The monoisotopic (exact) mass is 308 g/mol. The highest BCUT2D eigenvalue weighted by Gasteiger charge is 2.55. The molecule has 0 bridgehead atoms. The summed E-state index contributed by atoms with van der Waals surface area (Å²) in [5.41, 5.74) is 0.399. The number of aliphatic hydroxyl groups excluding tert-OH is 1. The molecule has 3 rings (SSSR count). The van der Waals surface area contributed by atoms with Gasteiger partial charge in [-0.1, -0.05) is 13.3 Å². The lowest BCUT2D eigenvalue weighted by molar-refractivity contribution is -0.133. The Balaban J connectivity index is 1.69. The lowest BCUT2D eigenvalue weighted by atomic mass is 9.55. The molecule has 2 nitrogen and oxygen atoms in total. The Labute approximate surface area is 137 Å². The van der Waals surface area contributed by atoms with Crippen molar-refractivity contribution in [3.05, 3.63) is 0 Å². The molecule has 0 aliphatic heterocycles. The molecule has 6 atom stereocenters. The van der Waals surface area contributed by atoms with Crippen molar-refractivity contribution in [2.45, 2.75) is 90.8 Å². The highest BCUT2D eigenvalue weighted by atomic mass is 16.5. The van der Waals surface area contributed by atoms with Gasteiger partial charge in [0.2, 0.25) is 0 Å². The Bertz CT molecular complexity index is 386. The van der Waals surface area contributed by atoms with Gasteiger partial charge in [0.25, 0.3) is 0 Å². The van der Waals surface area contributed by atoms with Crippen LogP contribution in [0.2, 0.25) is 0 Å². The molecule has 0 unspecified atom stereocenters. The highest BCUT2D eigenvalue weighted by molar-refractivity contribution is 5.05. The predicted octanol–water partition coefficient (Wildman–Crippen LogP) is 4.80. The summed E-state index contributed by atoms with van der Waals surface area (Å²) < 4.78 is 6.48. The highest BCUT2D eigenvalue weighted by Crippen LogP contribution is 2.61.